The quantitative estimate of drug-likeness (QED) is 0.598. The van der Waals surface area contributed by atoms with Gasteiger partial charge in [0.2, 0.25) is 18.2 Å². The van der Waals surface area contributed by atoms with Crippen molar-refractivity contribution in [3.8, 4) is 11.5 Å². The summed E-state index contributed by atoms with van der Waals surface area (Å²) in [5.74, 6) is 0.364. The van der Waals surface area contributed by atoms with Gasteiger partial charge in [-0.25, -0.2) is 0 Å². The number of hydrogen-bond donors (Lipinski definition) is 1. The van der Waals surface area contributed by atoms with Gasteiger partial charge in [0.1, 0.15) is 17.9 Å². The predicted molar refractivity (Wildman–Crippen MR) is 87.0 cm³/mol. The molecule has 130 valence electrons. The zero-order valence-electron chi connectivity index (χ0n) is 13.8. The van der Waals surface area contributed by atoms with E-state index in [1.165, 1.54) is 14.2 Å². The molecule has 0 bridgehead atoms. The van der Waals surface area contributed by atoms with Crippen molar-refractivity contribution in [1.29, 1.82) is 0 Å². The van der Waals surface area contributed by atoms with E-state index < -0.39 is 5.91 Å². The number of anilines is 1. The second-order valence-electron chi connectivity index (χ2n) is 5.31. The molecular formula is C16H21N3O5. The molecular weight excluding hydrogens is 314 g/mol. The summed E-state index contributed by atoms with van der Waals surface area (Å²) < 4.78 is 10.3. The Morgan fingerprint density at radius 1 is 1.17 bits per heavy atom. The molecule has 0 aromatic heterocycles. The van der Waals surface area contributed by atoms with Crippen molar-refractivity contribution < 1.29 is 23.9 Å². The SMILES string of the molecule is COc1ccc(OC)c(NC(=O)CC(=O)N2CCN(C=O)CC2)c1. The van der Waals surface area contributed by atoms with E-state index in [0.717, 1.165) is 6.41 Å². The normalized spacial score (nSPS) is 14.1. The Labute approximate surface area is 140 Å². The van der Waals surface area contributed by atoms with Gasteiger partial charge in [0.05, 0.1) is 19.9 Å². The monoisotopic (exact) mass is 335 g/mol. The van der Waals surface area contributed by atoms with Crippen LogP contribution in [0.25, 0.3) is 0 Å². The van der Waals surface area contributed by atoms with Crippen LogP contribution in [0.3, 0.4) is 0 Å². The second-order valence-corrected chi connectivity index (χ2v) is 5.31. The Kier molecular flexibility index (Phi) is 6.00. The van der Waals surface area contributed by atoms with Crippen molar-refractivity contribution in [3.05, 3.63) is 18.2 Å². The molecule has 8 heteroatoms. The number of methoxy groups -OCH3 is 2. The van der Waals surface area contributed by atoms with Crippen LogP contribution in [0.15, 0.2) is 18.2 Å². The fourth-order valence-corrected chi connectivity index (χ4v) is 2.43. The third-order valence-corrected chi connectivity index (χ3v) is 3.81. The average molecular weight is 335 g/mol. The lowest BCUT2D eigenvalue weighted by Crippen LogP contribution is -2.48. The predicted octanol–water partition coefficient (Wildman–Crippen LogP) is 0.333. The number of piperazine rings is 1. The number of rotatable bonds is 6. The smallest absolute Gasteiger partial charge is 0.233 e. The van der Waals surface area contributed by atoms with Crippen molar-refractivity contribution >= 4 is 23.9 Å². The summed E-state index contributed by atoms with van der Waals surface area (Å²) in [6.07, 6.45) is 0.505. The van der Waals surface area contributed by atoms with Gasteiger partial charge in [0.15, 0.2) is 0 Å². The molecule has 1 aromatic rings. The third-order valence-electron chi connectivity index (χ3n) is 3.81. The van der Waals surface area contributed by atoms with Crippen LogP contribution in [0.1, 0.15) is 6.42 Å². The first-order chi connectivity index (χ1) is 11.6. The molecule has 3 amide bonds. The van der Waals surface area contributed by atoms with E-state index in [0.29, 0.717) is 43.4 Å². The second kappa shape index (κ2) is 8.19. The van der Waals surface area contributed by atoms with Crippen molar-refractivity contribution in [2.45, 2.75) is 6.42 Å². The topological polar surface area (TPSA) is 88.2 Å². The van der Waals surface area contributed by atoms with E-state index in [9.17, 15) is 14.4 Å². The summed E-state index contributed by atoms with van der Waals surface area (Å²) in [6, 6.07) is 5.02. The maximum atomic E-state index is 12.2. The van der Waals surface area contributed by atoms with Crippen LogP contribution >= 0.6 is 0 Å². The molecule has 0 aliphatic carbocycles. The third kappa shape index (κ3) is 4.37. The molecule has 0 saturated carbocycles. The average Bonchev–Trinajstić information content (AvgIpc) is 2.61. The zero-order chi connectivity index (χ0) is 17.5. The van der Waals surface area contributed by atoms with Crippen LogP contribution in [0.4, 0.5) is 5.69 Å². The van der Waals surface area contributed by atoms with Gasteiger partial charge in [0.25, 0.3) is 0 Å². The molecule has 1 heterocycles. The molecule has 2 rings (SSSR count). The molecule has 1 aliphatic heterocycles. The minimum Gasteiger partial charge on any atom is -0.497 e. The van der Waals surface area contributed by atoms with E-state index in [2.05, 4.69) is 5.32 Å². The molecule has 1 saturated heterocycles. The Bertz CT molecular complexity index is 612. The molecule has 0 atom stereocenters. The maximum absolute atomic E-state index is 12.2. The van der Waals surface area contributed by atoms with Crippen LogP contribution in [0.5, 0.6) is 11.5 Å². The first-order valence-electron chi connectivity index (χ1n) is 7.56. The van der Waals surface area contributed by atoms with E-state index in [4.69, 9.17) is 9.47 Å². The summed E-state index contributed by atoms with van der Waals surface area (Å²) in [7, 11) is 3.02. The fraction of sp³-hybridized carbons (Fsp3) is 0.438. The number of carbonyl (C=O) groups is 3. The summed E-state index contributed by atoms with van der Waals surface area (Å²) in [5, 5.41) is 2.67. The van der Waals surface area contributed by atoms with Gasteiger partial charge in [0, 0.05) is 32.2 Å². The van der Waals surface area contributed by atoms with E-state index >= 15 is 0 Å². The molecule has 1 N–H and O–H groups in total. The van der Waals surface area contributed by atoms with Crippen LogP contribution in [0.2, 0.25) is 0 Å². The highest BCUT2D eigenvalue weighted by atomic mass is 16.5. The summed E-state index contributed by atoms with van der Waals surface area (Å²) >= 11 is 0. The lowest BCUT2D eigenvalue weighted by molar-refractivity contribution is -0.137. The number of nitrogens with zero attached hydrogens (tertiary/aromatic N) is 2. The summed E-state index contributed by atoms with van der Waals surface area (Å²) in [4.78, 5) is 38.2. The fourth-order valence-electron chi connectivity index (χ4n) is 2.43. The Balaban J connectivity index is 1.93. The number of carbonyl (C=O) groups excluding carboxylic acids is 3. The van der Waals surface area contributed by atoms with Gasteiger partial charge in [-0.3, -0.25) is 14.4 Å². The number of ether oxygens (including phenoxy) is 2. The molecule has 1 aromatic carbocycles. The standard InChI is InChI=1S/C16H21N3O5/c1-23-12-3-4-14(24-2)13(9-12)17-15(21)10-16(22)19-7-5-18(11-20)6-8-19/h3-4,9,11H,5-8,10H2,1-2H3,(H,17,21). The first-order valence-corrected chi connectivity index (χ1v) is 7.56. The van der Waals surface area contributed by atoms with Gasteiger partial charge in [-0.2, -0.15) is 0 Å². The van der Waals surface area contributed by atoms with Gasteiger partial charge < -0.3 is 24.6 Å². The van der Waals surface area contributed by atoms with E-state index in [1.807, 2.05) is 0 Å². The lowest BCUT2D eigenvalue weighted by atomic mass is 10.2. The minimum absolute atomic E-state index is 0.262. The number of benzene rings is 1. The summed E-state index contributed by atoms with van der Waals surface area (Å²) in [5.41, 5.74) is 0.445. The zero-order valence-corrected chi connectivity index (χ0v) is 13.8. The molecule has 0 spiro atoms. The van der Waals surface area contributed by atoms with Crippen LogP contribution in [0, 0.1) is 0 Å². The largest absolute Gasteiger partial charge is 0.497 e. The Morgan fingerprint density at radius 3 is 2.46 bits per heavy atom. The molecule has 8 nitrogen and oxygen atoms in total. The van der Waals surface area contributed by atoms with E-state index in [1.54, 1.807) is 28.0 Å². The molecule has 1 fully saturated rings. The summed E-state index contributed by atoms with van der Waals surface area (Å²) in [6.45, 7) is 1.85. The molecule has 1 aliphatic rings. The van der Waals surface area contributed by atoms with Crippen molar-refractivity contribution in [2.24, 2.45) is 0 Å². The van der Waals surface area contributed by atoms with Crippen molar-refractivity contribution in [1.82, 2.24) is 9.80 Å². The van der Waals surface area contributed by atoms with E-state index in [-0.39, 0.29) is 12.3 Å². The highest BCUT2D eigenvalue weighted by molar-refractivity contribution is 6.04. The van der Waals surface area contributed by atoms with Gasteiger partial charge in [-0.15, -0.1) is 0 Å². The first kappa shape index (κ1) is 17.6. The van der Waals surface area contributed by atoms with Gasteiger partial charge in [-0.05, 0) is 12.1 Å². The highest BCUT2D eigenvalue weighted by Crippen LogP contribution is 2.28. The molecule has 0 radical (unpaired) electrons. The van der Waals surface area contributed by atoms with Crippen molar-refractivity contribution in [2.75, 3.05) is 45.7 Å². The van der Waals surface area contributed by atoms with Crippen LogP contribution in [-0.4, -0.2) is 68.4 Å². The highest BCUT2D eigenvalue weighted by Gasteiger charge is 2.22. The lowest BCUT2D eigenvalue weighted by Gasteiger charge is -2.32. The van der Waals surface area contributed by atoms with Gasteiger partial charge >= 0.3 is 0 Å². The molecule has 0 unspecified atom stereocenters. The number of nitrogens with one attached hydrogen (secondary N) is 1. The van der Waals surface area contributed by atoms with Crippen LogP contribution in [-0.2, 0) is 14.4 Å². The van der Waals surface area contributed by atoms with Gasteiger partial charge in [-0.1, -0.05) is 0 Å². The van der Waals surface area contributed by atoms with Crippen molar-refractivity contribution in [3.63, 3.8) is 0 Å². The Morgan fingerprint density at radius 2 is 1.88 bits per heavy atom. The maximum Gasteiger partial charge on any atom is 0.233 e. The number of amides is 3. The molecule has 24 heavy (non-hydrogen) atoms. The number of hydrogen-bond acceptors (Lipinski definition) is 5. The Hall–Kier alpha value is -2.77. The van der Waals surface area contributed by atoms with Crippen LogP contribution < -0.4 is 14.8 Å². The minimum atomic E-state index is -0.427.